The van der Waals surface area contributed by atoms with E-state index in [2.05, 4.69) is 5.10 Å². The van der Waals surface area contributed by atoms with Crippen molar-refractivity contribution in [3.8, 4) is 0 Å². The normalized spacial score (nSPS) is 20.9. The molecule has 0 unspecified atom stereocenters. The molecule has 0 radical (unpaired) electrons. The zero-order valence-corrected chi connectivity index (χ0v) is 18.3. The van der Waals surface area contributed by atoms with E-state index >= 15 is 0 Å². The lowest BCUT2D eigenvalue weighted by molar-refractivity contribution is -0.142. The molecule has 172 valence electrons. The van der Waals surface area contributed by atoms with Gasteiger partial charge in [0.1, 0.15) is 12.2 Å². The second-order valence-corrected chi connectivity index (χ2v) is 9.39. The number of amides is 2. The van der Waals surface area contributed by atoms with E-state index in [1.54, 1.807) is 6.07 Å². The number of alkyl halides is 3. The third-order valence-electron chi connectivity index (χ3n) is 6.80. The van der Waals surface area contributed by atoms with Crippen molar-refractivity contribution in [2.45, 2.75) is 63.1 Å². The van der Waals surface area contributed by atoms with E-state index in [4.69, 9.17) is 11.6 Å². The van der Waals surface area contributed by atoms with E-state index < -0.39 is 17.8 Å². The average molecular weight is 469 g/mol. The van der Waals surface area contributed by atoms with Crippen LogP contribution in [0.1, 0.15) is 72.6 Å². The fourth-order valence-corrected chi connectivity index (χ4v) is 5.17. The zero-order chi connectivity index (χ0) is 22.6. The van der Waals surface area contributed by atoms with Crippen LogP contribution in [0.2, 0.25) is 5.02 Å². The molecule has 0 aromatic carbocycles. The molecule has 2 saturated carbocycles. The standard InChI is InChI=1S/C22H24ClF3N4O2/c23-19-16-10-14(13-6-7-13)11-17(22(24,25)26)30(16)27-20(19)21(32)28-8-9-29(18(31)12-28)15-4-2-1-3-5-15/h10-11,13,15H,1-9,12H2. The summed E-state index contributed by atoms with van der Waals surface area (Å²) < 4.78 is 41.8. The van der Waals surface area contributed by atoms with Gasteiger partial charge < -0.3 is 9.80 Å². The highest BCUT2D eigenvalue weighted by molar-refractivity contribution is 6.36. The largest absolute Gasteiger partial charge is 0.433 e. The quantitative estimate of drug-likeness (QED) is 0.666. The minimum absolute atomic E-state index is 0.0684. The van der Waals surface area contributed by atoms with Gasteiger partial charge in [-0.2, -0.15) is 18.3 Å². The Balaban J connectivity index is 1.43. The Morgan fingerprint density at radius 3 is 2.41 bits per heavy atom. The lowest BCUT2D eigenvalue weighted by atomic mass is 9.93. The van der Waals surface area contributed by atoms with Crippen LogP contribution in [-0.2, 0) is 11.0 Å². The van der Waals surface area contributed by atoms with Gasteiger partial charge in [-0.05, 0) is 49.3 Å². The summed E-state index contributed by atoms with van der Waals surface area (Å²) in [7, 11) is 0. The first-order valence-electron chi connectivity index (χ1n) is 11.1. The van der Waals surface area contributed by atoms with E-state index in [9.17, 15) is 22.8 Å². The van der Waals surface area contributed by atoms with Gasteiger partial charge in [0.2, 0.25) is 5.91 Å². The fourth-order valence-electron chi connectivity index (χ4n) is 4.92. The van der Waals surface area contributed by atoms with Crippen LogP contribution in [0.5, 0.6) is 0 Å². The number of nitrogens with zero attached hydrogens (tertiary/aromatic N) is 4. The van der Waals surface area contributed by atoms with Gasteiger partial charge in [0.15, 0.2) is 5.69 Å². The van der Waals surface area contributed by atoms with Crippen molar-refractivity contribution in [1.82, 2.24) is 19.4 Å². The Morgan fingerprint density at radius 1 is 1.06 bits per heavy atom. The number of aromatic nitrogens is 2. The van der Waals surface area contributed by atoms with Gasteiger partial charge in [0.25, 0.3) is 5.91 Å². The Bertz CT molecular complexity index is 1070. The van der Waals surface area contributed by atoms with Crippen LogP contribution in [0.4, 0.5) is 13.2 Å². The molecule has 32 heavy (non-hydrogen) atoms. The van der Waals surface area contributed by atoms with Crippen molar-refractivity contribution in [3.05, 3.63) is 34.1 Å². The number of rotatable bonds is 3. The van der Waals surface area contributed by atoms with E-state index in [1.807, 2.05) is 4.90 Å². The molecule has 3 fully saturated rings. The summed E-state index contributed by atoms with van der Waals surface area (Å²) in [4.78, 5) is 29.0. The highest BCUT2D eigenvalue weighted by Gasteiger charge is 2.39. The number of piperazine rings is 1. The molecule has 0 spiro atoms. The fraction of sp³-hybridized carbons (Fsp3) is 0.591. The minimum Gasteiger partial charge on any atom is -0.336 e. The Kier molecular flexibility index (Phi) is 5.34. The number of pyridine rings is 1. The summed E-state index contributed by atoms with van der Waals surface area (Å²) in [6.45, 7) is 0.615. The second kappa shape index (κ2) is 7.93. The maximum Gasteiger partial charge on any atom is 0.433 e. The van der Waals surface area contributed by atoms with Gasteiger partial charge in [-0.15, -0.1) is 0 Å². The van der Waals surface area contributed by atoms with Crippen LogP contribution >= 0.6 is 11.6 Å². The number of hydrogen-bond donors (Lipinski definition) is 0. The van der Waals surface area contributed by atoms with E-state index in [0.29, 0.717) is 23.2 Å². The molecule has 0 bridgehead atoms. The van der Waals surface area contributed by atoms with Crippen molar-refractivity contribution in [1.29, 1.82) is 0 Å². The van der Waals surface area contributed by atoms with Crippen LogP contribution in [0.3, 0.4) is 0 Å². The van der Waals surface area contributed by atoms with Gasteiger partial charge in [0.05, 0.1) is 10.5 Å². The third-order valence-corrected chi connectivity index (χ3v) is 7.17. The van der Waals surface area contributed by atoms with E-state index in [0.717, 1.165) is 44.6 Å². The predicted molar refractivity (Wildman–Crippen MR) is 112 cm³/mol. The molecule has 2 aliphatic carbocycles. The van der Waals surface area contributed by atoms with Crippen molar-refractivity contribution in [2.24, 2.45) is 0 Å². The Morgan fingerprint density at radius 2 is 1.78 bits per heavy atom. The van der Waals surface area contributed by atoms with Gasteiger partial charge >= 0.3 is 6.18 Å². The molecular weight excluding hydrogens is 445 g/mol. The predicted octanol–water partition coefficient (Wildman–Crippen LogP) is 4.50. The topological polar surface area (TPSA) is 57.9 Å². The maximum atomic E-state index is 13.7. The molecule has 2 aromatic heterocycles. The molecule has 3 aliphatic rings. The van der Waals surface area contributed by atoms with Crippen molar-refractivity contribution in [2.75, 3.05) is 19.6 Å². The summed E-state index contributed by atoms with van der Waals surface area (Å²) in [6.07, 6.45) is 2.34. The lowest BCUT2D eigenvalue weighted by Gasteiger charge is -2.40. The SMILES string of the molecule is O=C(c1nn2c(C(F)(F)F)cc(C3CC3)cc2c1Cl)N1CCN(C2CCCCC2)C(=O)C1. The number of hydrogen-bond acceptors (Lipinski definition) is 3. The van der Waals surface area contributed by atoms with Crippen LogP contribution in [0.15, 0.2) is 12.1 Å². The molecule has 1 aliphatic heterocycles. The molecule has 10 heteroatoms. The van der Waals surface area contributed by atoms with Crippen LogP contribution in [-0.4, -0.2) is 56.9 Å². The van der Waals surface area contributed by atoms with Crippen molar-refractivity contribution < 1.29 is 22.8 Å². The van der Waals surface area contributed by atoms with E-state index in [1.165, 1.54) is 11.3 Å². The summed E-state index contributed by atoms with van der Waals surface area (Å²) in [5.41, 5.74) is -0.569. The molecule has 2 aromatic rings. The molecule has 0 atom stereocenters. The Hall–Kier alpha value is -2.29. The van der Waals surface area contributed by atoms with Gasteiger partial charge in [-0.3, -0.25) is 9.59 Å². The number of carbonyl (C=O) groups is 2. The molecule has 1 saturated heterocycles. The van der Waals surface area contributed by atoms with Gasteiger partial charge in [-0.1, -0.05) is 30.9 Å². The second-order valence-electron chi connectivity index (χ2n) is 9.01. The summed E-state index contributed by atoms with van der Waals surface area (Å²) in [5, 5.41) is 3.85. The van der Waals surface area contributed by atoms with Gasteiger partial charge in [0, 0.05) is 19.1 Å². The molecule has 3 heterocycles. The first kappa shape index (κ1) is 21.6. The third kappa shape index (κ3) is 3.84. The average Bonchev–Trinajstić information content (AvgIpc) is 3.56. The van der Waals surface area contributed by atoms with Crippen molar-refractivity contribution >= 4 is 28.9 Å². The molecule has 2 amide bonds. The summed E-state index contributed by atoms with van der Waals surface area (Å²) >= 11 is 6.38. The highest BCUT2D eigenvalue weighted by Crippen LogP contribution is 2.43. The number of fused-ring (bicyclic) bond motifs is 1. The first-order chi connectivity index (χ1) is 15.2. The first-order valence-corrected chi connectivity index (χ1v) is 11.5. The van der Waals surface area contributed by atoms with Crippen LogP contribution in [0.25, 0.3) is 5.52 Å². The maximum absolute atomic E-state index is 13.7. The Labute approximate surface area is 188 Å². The minimum atomic E-state index is -4.64. The highest BCUT2D eigenvalue weighted by atomic mass is 35.5. The van der Waals surface area contributed by atoms with Crippen LogP contribution < -0.4 is 0 Å². The molecular formula is C22H24ClF3N4O2. The molecule has 5 rings (SSSR count). The zero-order valence-electron chi connectivity index (χ0n) is 17.5. The lowest BCUT2D eigenvalue weighted by Crippen LogP contribution is -2.55. The number of carbonyl (C=O) groups excluding carboxylic acids is 2. The summed E-state index contributed by atoms with van der Waals surface area (Å²) in [5.74, 6) is -0.670. The van der Waals surface area contributed by atoms with Gasteiger partial charge in [-0.25, -0.2) is 4.52 Å². The molecule has 6 nitrogen and oxygen atoms in total. The molecule has 0 N–H and O–H groups in total. The summed E-state index contributed by atoms with van der Waals surface area (Å²) in [6, 6.07) is 2.89. The number of halogens is 4. The van der Waals surface area contributed by atoms with E-state index in [-0.39, 0.29) is 40.6 Å². The monoisotopic (exact) mass is 468 g/mol. The van der Waals surface area contributed by atoms with Crippen LogP contribution in [0, 0.1) is 0 Å². The van der Waals surface area contributed by atoms with Crippen molar-refractivity contribution in [3.63, 3.8) is 0 Å². The smallest absolute Gasteiger partial charge is 0.336 e.